The molecule has 0 atom stereocenters. The number of rotatable bonds is 2. The molecular formula is C13H12ClFN2S. The highest BCUT2D eigenvalue weighted by atomic mass is 35.5. The summed E-state index contributed by atoms with van der Waals surface area (Å²) in [5.41, 5.74) is 2.51. The maximum Gasteiger partial charge on any atom is 0.141 e. The molecule has 1 aromatic heterocycles. The van der Waals surface area contributed by atoms with E-state index in [4.69, 9.17) is 23.8 Å². The van der Waals surface area contributed by atoms with Crippen molar-refractivity contribution >= 4 is 23.8 Å². The molecule has 2 rings (SSSR count). The SMILES string of the molecule is CCc1nc(=S)c(C)c(-c2ccc(F)c(Cl)c2)[nH]1. The molecule has 0 saturated carbocycles. The number of hydrogen-bond acceptors (Lipinski definition) is 2. The topological polar surface area (TPSA) is 28.7 Å². The standard InChI is InChI=1S/C13H12ClFN2S/c1-3-11-16-12(7(2)13(18)17-11)8-4-5-10(15)9(14)6-8/h4-6H,3H2,1-2H3,(H,16,17,18). The Hall–Kier alpha value is -1.26. The van der Waals surface area contributed by atoms with E-state index in [1.807, 2.05) is 13.8 Å². The van der Waals surface area contributed by atoms with Crippen LogP contribution >= 0.6 is 23.8 Å². The van der Waals surface area contributed by atoms with Crippen molar-refractivity contribution < 1.29 is 4.39 Å². The fraction of sp³-hybridized carbons (Fsp3) is 0.231. The zero-order chi connectivity index (χ0) is 13.3. The van der Waals surface area contributed by atoms with Crippen LogP contribution < -0.4 is 0 Å². The molecule has 0 spiro atoms. The van der Waals surface area contributed by atoms with Gasteiger partial charge in [0, 0.05) is 17.5 Å². The minimum Gasteiger partial charge on any atom is -0.343 e. The molecule has 0 fully saturated rings. The molecule has 2 nitrogen and oxygen atoms in total. The number of aromatic amines is 1. The molecule has 1 N–H and O–H groups in total. The number of halogens is 2. The minimum atomic E-state index is -0.429. The Morgan fingerprint density at radius 3 is 2.78 bits per heavy atom. The molecule has 0 aliphatic rings. The van der Waals surface area contributed by atoms with Crippen molar-refractivity contribution in [3.05, 3.63) is 45.1 Å². The molecule has 1 aromatic carbocycles. The van der Waals surface area contributed by atoms with Crippen LogP contribution in [-0.4, -0.2) is 9.97 Å². The van der Waals surface area contributed by atoms with Crippen molar-refractivity contribution in [3.63, 3.8) is 0 Å². The van der Waals surface area contributed by atoms with Gasteiger partial charge in [-0.25, -0.2) is 9.37 Å². The van der Waals surface area contributed by atoms with Crippen LogP contribution in [0.4, 0.5) is 4.39 Å². The van der Waals surface area contributed by atoms with Gasteiger partial charge in [-0.3, -0.25) is 0 Å². The van der Waals surface area contributed by atoms with E-state index in [-0.39, 0.29) is 5.02 Å². The summed E-state index contributed by atoms with van der Waals surface area (Å²) in [5.74, 6) is 0.377. The third kappa shape index (κ3) is 2.44. The van der Waals surface area contributed by atoms with Crippen molar-refractivity contribution in [2.75, 3.05) is 0 Å². The summed E-state index contributed by atoms with van der Waals surface area (Å²) >= 11 is 11.0. The molecule has 5 heteroatoms. The number of benzene rings is 1. The lowest BCUT2D eigenvalue weighted by Crippen LogP contribution is -1.99. The van der Waals surface area contributed by atoms with E-state index >= 15 is 0 Å². The quantitative estimate of drug-likeness (QED) is 0.823. The highest BCUT2D eigenvalue weighted by Gasteiger charge is 2.09. The number of H-pyrrole nitrogens is 1. The molecule has 0 saturated heterocycles. The zero-order valence-corrected chi connectivity index (χ0v) is 11.6. The zero-order valence-electron chi connectivity index (χ0n) is 10.1. The largest absolute Gasteiger partial charge is 0.343 e. The summed E-state index contributed by atoms with van der Waals surface area (Å²) in [4.78, 5) is 7.48. The summed E-state index contributed by atoms with van der Waals surface area (Å²) < 4.78 is 13.7. The van der Waals surface area contributed by atoms with Gasteiger partial charge >= 0.3 is 0 Å². The maximum atomic E-state index is 13.2. The summed E-state index contributed by atoms with van der Waals surface area (Å²) in [5, 5.41) is 0.0982. The maximum absolute atomic E-state index is 13.2. The van der Waals surface area contributed by atoms with Gasteiger partial charge in [-0.2, -0.15) is 0 Å². The van der Waals surface area contributed by atoms with Gasteiger partial charge in [-0.05, 0) is 25.1 Å². The predicted molar refractivity (Wildman–Crippen MR) is 73.9 cm³/mol. The van der Waals surface area contributed by atoms with Gasteiger partial charge in [0.15, 0.2) is 0 Å². The first-order chi connectivity index (χ1) is 8.52. The number of nitrogens with one attached hydrogen (secondary N) is 1. The first-order valence-electron chi connectivity index (χ1n) is 5.58. The molecule has 0 aliphatic carbocycles. The summed E-state index contributed by atoms with van der Waals surface area (Å²) in [6.45, 7) is 3.88. The number of hydrogen-bond donors (Lipinski definition) is 1. The Labute approximate surface area is 115 Å². The second kappa shape index (κ2) is 5.16. The molecule has 0 radical (unpaired) electrons. The number of aromatic nitrogens is 2. The lowest BCUT2D eigenvalue weighted by atomic mass is 10.1. The fourth-order valence-corrected chi connectivity index (χ4v) is 2.08. The van der Waals surface area contributed by atoms with E-state index in [1.165, 1.54) is 6.07 Å². The smallest absolute Gasteiger partial charge is 0.141 e. The van der Waals surface area contributed by atoms with Gasteiger partial charge in [0.2, 0.25) is 0 Å². The molecule has 1 heterocycles. The van der Waals surface area contributed by atoms with Gasteiger partial charge in [-0.1, -0.05) is 30.7 Å². The van der Waals surface area contributed by atoms with Gasteiger partial charge in [0.1, 0.15) is 16.3 Å². The summed E-state index contributed by atoms with van der Waals surface area (Å²) in [6.07, 6.45) is 0.756. The molecule has 0 aliphatic heterocycles. The third-order valence-electron chi connectivity index (χ3n) is 2.74. The first kappa shape index (κ1) is 13.2. The lowest BCUT2D eigenvalue weighted by molar-refractivity contribution is 0.628. The van der Waals surface area contributed by atoms with Crippen LogP contribution in [0, 0.1) is 17.4 Å². The van der Waals surface area contributed by atoms with E-state index in [9.17, 15) is 4.39 Å². The fourth-order valence-electron chi connectivity index (χ4n) is 1.69. The molecule has 0 unspecified atom stereocenters. The van der Waals surface area contributed by atoms with E-state index < -0.39 is 5.82 Å². The summed E-state index contributed by atoms with van der Waals surface area (Å²) in [7, 11) is 0. The molecular weight excluding hydrogens is 271 g/mol. The molecule has 94 valence electrons. The van der Waals surface area contributed by atoms with Gasteiger partial charge in [0.05, 0.1) is 10.7 Å². The highest BCUT2D eigenvalue weighted by Crippen LogP contribution is 2.26. The van der Waals surface area contributed by atoms with Gasteiger partial charge < -0.3 is 4.98 Å². The monoisotopic (exact) mass is 282 g/mol. The third-order valence-corrected chi connectivity index (χ3v) is 3.43. The predicted octanol–water partition coefficient (Wildman–Crippen LogP) is 4.47. The van der Waals surface area contributed by atoms with E-state index in [2.05, 4.69) is 9.97 Å². The second-order valence-corrected chi connectivity index (χ2v) is 4.76. The van der Waals surface area contributed by atoms with Crippen molar-refractivity contribution in [3.8, 4) is 11.3 Å². The van der Waals surface area contributed by atoms with Gasteiger partial charge in [-0.15, -0.1) is 0 Å². The summed E-state index contributed by atoms with van der Waals surface area (Å²) in [6, 6.07) is 4.61. The molecule has 18 heavy (non-hydrogen) atoms. The van der Waals surface area contributed by atoms with Crippen LogP contribution in [0.5, 0.6) is 0 Å². The minimum absolute atomic E-state index is 0.0982. The van der Waals surface area contributed by atoms with Crippen molar-refractivity contribution in [2.24, 2.45) is 0 Å². The molecule has 2 aromatic rings. The average Bonchev–Trinajstić information content (AvgIpc) is 2.36. The second-order valence-electron chi connectivity index (χ2n) is 3.97. The lowest BCUT2D eigenvalue weighted by Gasteiger charge is -2.09. The Bertz CT molecular complexity index is 652. The Kier molecular flexibility index (Phi) is 3.78. The number of aryl methyl sites for hydroxylation is 1. The average molecular weight is 283 g/mol. The Morgan fingerprint density at radius 2 is 2.17 bits per heavy atom. The number of nitrogens with zero attached hydrogens (tertiary/aromatic N) is 1. The van der Waals surface area contributed by atoms with Crippen LogP contribution in [0.1, 0.15) is 18.3 Å². The van der Waals surface area contributed by atoms with Crippen LogP contribution in [0.3, 0.4) is 0 Å². The highest BCUT2D eigenvalue weighted by molar-refractivity contribution is 7.71. The Balaban J connectivity index is 2.66. The van der Waals surface area contributed by atoms with E-state index in [1.54, 1.807) is 12.1 Å². The van der Waals surface area contributed by atoms with Crippen molar-refractivity contribution in [1.82, 2.24) is 9.97 Å². The van der Waals surface area contributed by atoms with Gasteiger partial charge in [0.25, 0.3) is 0 Å². The molecule has 0 amide bonds. The van der Waals surface area contributed by atoms with Crippen LogP contribution in [-0.2, 0) is 6.42 Å². The van der Waals surface area contributed by atoms with E-state index in [0.29, 0.717) is 4.64 Å². The molecule has 0 bridgehead atoms. The Morgan fingerprint density at radius 1 is 1.44 bits per heavy atom. The van der Waals surface area contributed by atoms with Crippen LogP contribution in [0.25, 0.3) is 11.3 Å². The van der Waals surface area contributed by atoms with Crippen molar-refractivity contribution in [2.45, 2.75) is 20.3 Å². The van der Waals surface area contributed by atoms with E-state index in [0.717, 1.165) is 29.1 Å². The van der Waals surface area contributed by atoms with Crippen molar-refractivity contribution in [1.29, 1.82) is 0 Å². The first-order valence-corrected chi connectivity index (χ1v) is 6.36. The van der Waals surface area contributed by atoms with Crippen LogP contribution in [0.15, 0.2) is 18.2 Å². The van der Waals surface area contributed by atoms with Crippen LogP contribution in [0.2, 0.25) is 5.02 Å². The normalized spacial score (nSPS) is 10.7.